The fourth-order valence-electron chi connectivity index (χ4n) is 1.90. The van der Waals surface area contributed by atoms with Gasteiger partial charge in [-0.1, -0.05) is 15.9 Å². The molecule has 5 heteroatoms. The molecule has 1 aromatic heterocycles. The summed E-state index contributed by atoms with van der Waals surface area (Å²) < 4.78 is 0.805. The summed E-state index contributed by atoms with van der Waals surface area (Å²) in [6, 6.07) is 7.46. The van der Waals surface area contributed by atoms with E-state index in [-0.39, 0.29) is 5.91 Å². The van der Waals surface area contributed by atoms with Crippen LogP contribution >= 0.6 is 15.9 Å². The van der Waals surface area contributed by atoms with Crippen LogP contribution < -0.4 is 11.1 Å². The summed E-state index contributed by atoms with van der Waals surface area (Å²) in [6.07, 6.45) is 4.27. The van der Waals surface area contributed by atoms with Gasteiger partial charge in [0.15, 0.2) is 0 Å². The van der Waals surface area contributed by atoms with Gasteiger partial charge in [-0.15, -0.1) is 0 Å². The van der Waals surface area contributed by atoms with E-state index in [1.165, 1.54) is 0 Å². The molecule has 0 atom stereocenters. The molecule has 104 valence electrons. The van der Waals surface area contributed by atoms with Gasteiger partial charge in [0.05, 0.1) is 0 Å². The lowest BCUT2D eigenvalue weighted by molar-refractivity contribution is 0.0953. The number of aromatic nitrogens is 1. The highest BCUT2D eigenvalue weighted by Gasteiger charge is 2.11. The maximum Gasteiger partial charge on any atom is 0.251 e. The third-order valence-corrected chi connectivity index (χ3v) is 3.56. The molecule has 0 saturated heterocycles. The Kier molecular flexibility index (Phi) is 4.74. The van der Waals surface area contributed by atoms with Gasteiger partial charge in [0.1, 0.15) is 0 Å². The number of hydrogen-bond acceptors (Lipinski definition) is 3. The second-order valence-corrected chi connectivity index (χ2v) is 5.44. The summed E-state index contributed by atoms with van der Waals surface area (Å²) in [4.78, 5) is 16.1. The Morgan fingerprint density at radius 3 is 2.75 bits per heavy atom. The van der Waals surface area contributed by atoms with Crippen molar-refractivity contribution in [2.45, 2.75) is 13.3 Å². The predicted molar refractivity (Wildman–Crippen MR) is 83.6 cm³/mol. The number of anilines is 1. The van der Waals surface area contributed by atoms with Crippen molar-refractivity contribution >= 4 is 27.5 Å². The van der Waals surface area contributed by atoms with Crippen LogP contribution in [0.15, 0.2) is 41.1 Å². The summed E-state index contributed by atoms with van der Waals surface area (Å²) in [5.74, 6) is -0.107. The topological polar surface area (TPSA) is 68.0 Å². The smallest absolute Gasteiger partial charge is 0.251 e. The molecular formula is C15H16BrN3O. The zero-order valence-electron chi connectivity index (χ0n) is 11.2. The van der Waals surface area contributed by atoms with Crippen molar-refractivity contribution in [2.24, 2.45) is 0 Å². The molecule has 0 radical (unpaired) electrons. The number of halogens is 1. The van der Waals surface area contributed by atoms with Gasteiger partial charge in [-0.2, -0.15) is 0 Å². The minimum absolute atomic E-state index is 0.107. The van der Waals surface area contributed by atoms with Crippen LogP contribution in [0.4, 0.5) is 5.69 Å². The Balaban J connectivity index is 1.99. The van der Waals surface area contributed by atoms with Crippen LogP contribution in [-0.2, 0) is 6.42 Å². The molecule has 20 heavy (non-hydrogen) atoms. The maximum absolute atomic E-state index is 12.2. The van der Waals surface area contributed by atoms with E-state index in [2.05, 4.69) is 26.2 Å². The second kappa shape index (κ2) is 6.52. The zero-order valence-corrected chi connectivity index (χ0v) is 12.8. The number of carbonyl (C=O) groups excluding carboxylic acids is 1. The van der Waals surface area contributed by atoms with Gasteiger partial charge in [0.2, 0.25) is 0 Å². The summed E-state index contributed by atoms with van der Waals surface area (Å²) in [6.45, 7) is 2.42. The third-order valence-electron chi connectivity index (χ3n) is 3.11. The van der Waals surface area contributed by atoms with E-state index < -0.39 is 0 Å². The van der Waals surface area contributed by atoms with Crippen molar-refractivity contribution < 1.29 is 4.79 Å². The number of rotatable bonds is 4. The molecule has 0 bridgehead atoms. The summed E-state index contributed by atoms with van der Waals surface area (Å²) in [7, 11) is 0. The second-order valence-electron chi connectivity index (χ2n) is 4.53. The first-order chi connectivity index (χ1) is 9.58. The van der Waals surface area contributed by atoms with E-state index in [1.807, 2.05) is 19.1 Å². The van der Waals surface area contributed by atoms with E-state index in [0.717, 1.165) is 22.0 Å². The van der Waals surface area contributed by atoms with Crippen molar-refractivity contribution in [1.82, 2.24) is 10.3 Å². The van der Waals surface area contributed by atoms with E-state index in [4.69, 9.17) is 5.73 Å². The molecular weight excluding hydrogens is 318 g/mol. The van der Waals surface area contributed by atoms with Gasteiger partial charge in [-0.05, 0) is 48.7 Å². The molecule has 0 aliphatic rings. The van der Waals surface area contributed by atoms with Gasteiger partial charge in [-0.3, -0.25) is 9.78 Å². The summed E-state index contributed by atoms with van der Waals surface area (Å²) >= 11 is 3.35. The quantitative estimate of drug-likeness (QED) is 0.845. The largest absolute Gasteiger partial charge is 0.398 e. The van der Waals surface area contributed by atoms with Gasteiger partial charge in [0, 0.05) is 34.7 Å². The molecule has 0 fully saturated rings. The van der Waals surface area contributed by atoms with Gasteiger partial charge >= 0.3 is 0 Å². The average molecular weight is 334 g/mol. The lowest BCUT2D eigenvalue weighted by Crippen LogP contribution is -2.26. The number of hydrogen-bond donors (Lipinski definition) is 2. The number of nitrogens with zero attached hydrogens (tertiary/aromatic N) is 1. The molecule has 3 N–H and O–H groups in total. The average Bonchev–Trinajstić information content (AvgIpc) is 2.44. The lowest BCUT2D eigenvalue weighted by atomic mass is 10.1. The maximum atomic E-state index is 12.2. The Labute approximate surface area is 126 Å². The molecule has 4 nitrogen and oxygen atoms in total. The number of carbonyl (C=O) groups is 1. The van der Waals surface area contributed by atoms with Crippen molar-refractivity contribution in [2.75, 3.05) is 12.3 Å². The highest BCUT2D eigenvalue weighted by molar-refractivity contribution is 9.10. The number of amides is 1. The first-order valence-electron chi connectivity index (χ1n) is 6.30. The van der Waals surface area contributed by atoms with Crippen molar-refractivity contribution in [3.05, 3.63) is 57.8 Å². The van der Waals surface area contributed by atoms with Crippen LogP contribution in [0.2, 0.25) is 0 Å². The van der Waals surface area contributed by atoms with Crippen LogP contribution in [-0.4, -0.2) is 17.4 Å². The first kappa shape index (κ1) is 14.5. The Morgan fingerprint density at radius 1 is 1.35 bits per heavy atom. The molecule has 0 unspecified atom stereocenters. The monoisotopic (exact) mass is 333 g/mol. The Morgan fingerprint density at radius 2 is 2.05 bits per heavy atom. The fourth-order valence-corrected chi connectivity index (χ4v) is 2.38. The number of nitrogens with one attached hydrogen (secondary N) is 1. The summed E-state index contributed by atoms with van der Waals surface area (Å²) in [5, 5.41) is 2.91. The van der Waals surface area contributed by atoms with E-state index in [1.54, 1.807) is 24.5 Å². The van der Waals surface area contributed by atoms with E-state index in [0.29, 0.717) is 17.8 Å². The molecule has 2 aromatic rings. The molecule has 2 rings (SSSR count). The van der Waals surface area contributed by atoms with Crippen LogP contribution in [0, 0.1) is 6.92 Å². The highest BCUT2D eigenvalue weighted by Crippen LogP contribution is 2.22. The third kappa shape index (κ3) is 3.57. The molecule has 1 aromatic carbocycles. The molecule has 0 saturated carbocycles. The molecule has 0 aliphatic carbocycles. The van der Waals surface area contributed by atoms with Crippen LogP contribution in [0.1, 0.15) is 21.5 Å². The van der Waals surface area contributed by atoms with Crippen LogP contribution in [0.25, 0.3) is 0 Å². The number of benzene rings is 1. The van der Waals surface area contributed by atoms with Crippen molar-refractivity contribution in [1.29, 1.82) is 0 Å². The zero-order chi connectivity index (χ0) is 14.5. The standard InChI is InChI=1S/C15H16BrN3O/c1-10-13(8-12(16)9-14(10)17)15(20)19-7-4-11-2-5-18-6-3-11/h2-3,5-6,8-9H,4,7,17H2,1H3,(H,19,20). The minimum atomic E-state index is -0.107. The molecule has 0 spiro atoms. The molecule has 1 heterocycles. The van der Waals surface area contributed by atoms with E-state index >= 15 is 0 Å². The van der Waals surface area contributed by atoms with Crippen molar-refractivity contribution in [3.63, 3.8) is 0 Å². The predicted octanol–water partition coefficient (Wildman–Crippen LogP) is 2.71. The van der Waals surface area contributed by atoms with Gasteiger partial charge in [0.25, 0.3) is 5.91 Å². The minimum Gasteiger partial charge on any atom is -0.398 e. The van der Waals surface area contributed by atoms with Gasteiger partial charge in [-0.25, -0.2) is 0 Å². The Bertz CT molecular complexity index is 614. The van der Waals surface area contributed by atoms with Crippen molar-refractivity contribution in [3.8, 4) is 0 Å². The number of pyridine rings is 1. The Hall–Kier alpha value is -1.88. The SMILES string of the molecule is Cc1c(N)cc(Br)cc1C(=O)NCCc1ccncc1. The van der Waals surface area contributed by atoms with Crippen LogP contribution in [0.3, 0.4) is 0 Å². The number of nitrogens with two attached hydrogens (primary N) is 1. The summed E-state index contributed by atoms with van der Waals surface area (Å²) in [5.41, 5.74) is 9.02. The number of nitrogen functional groups attached to an aromatic ring is 1. The molecule has 0 aliphatic heterocycles. The van der Waals surface area contributed by atoms with E-state index in [9.17, 15) is 4.79 Å². The fraction of sp³-hybridized carbons (Fsp3) is 0.200. The highest BCUT2D eigenvalue weighted by atomic mass is 79.9. The van der Waals surface area contributed by atoms with Gasteiger partial charge < -0.3 is 11.1 Å². The molecule has 1 amide bonds. The first-order valence-corrected chi connectivity index (χ1v) is 7.10. The lowest BCUT2D eigenvalue weighted by Gasteiger charge is -2.10. The normalized spacial score (nSPS) is 10.3. The van der Waals surface area contributed by atoms with Crippen LogP contribution in [0.5, 0.6) is 0 Å².